The molecule has 3 aromatic rings. The maximum Gasteiger partial charge on any atom is 0.257 e. The number of nitrogens with one attached hydrogen (secondary N) is 2. The monoisotopic (exact) mass is 415 g/mol. The van der Waals surface area contributed by atoms with Gasteiger partial charge in [0.15, 0.2) is 5.58 Å². The Hall–Kier alpha value is -2.81. The van der Waals surface area contributed by atoms with Crippen molar-refractivity contribution in [3.63, 3.8) is 0 Å². The van der Waals surface area contributed by atoms with Crippen LogP contribution in [0.1, 0.15) is 30.8 Å². The minimum absolute atomic E-state index is 0.0808. The van der Waals surface area contributed by atoms with Crippen LogP contribution in [0.15, 0.2) is 33.9 Å². The number of fused-ring (bicyclic) bond motifs is 1. The Morgan fingerprint density at radius 3 is 2.62 bits per heavy atom. The van der Waals surface area contributed by atoms with Crippen LogP contribution in [0.4, 0.5) is 0 Å². The number of hydrogen-bond acceptors (Lipinski definition) is 6. The molecule has 29 heavy (non-hydrogen) atoms. The van der Waals surface area contributed by atoms with E-state index in [9.17, 15) is 9.59 Å². The number of carbonyl (C=O) groups is 2. The fourth-order valence-electron chi connectivity index (χ4n) is 2.93. The van der Waals surface area contributed by atoms with Gasteiger partial charge in [0.1, 0.15) is 5.52 Å². The van der Waals surface area contributed by atoms with E-state index in [0.717, 1.165) is 29.0 Å². The van der Waals surface area contributed by atoms with Crippen molar-refractivity contribution in [1.29, 1.82) is 0 Å². The SMILES string of the molecule is Cc1nn(CC(C)C)c(C)c1CC(=O)NNC(=O)CSc1nc2ccccc2o1. The first kappa shape index (κ1) is 20.9. The largest absolute Gasteiger partial charge is 0.431 e. The van der Waals surface area contributed by atoms with Crippen LogP contribution in [-0.4, -0.2) is 32.3 Å². The number of benzene rings is 1. The number of rotatable bonds is 7. The van der Waals surface area contributed by atoms with Crippen LogP contribution in [-0.2, 0) is 22.6 Å². The van der Waals surface area contributed by atoms with Gasteiger partial charge in [0, 0.05) is 17.8 Å². The third kappa shape index (κ3) is 5.38. The van der Waals surface area contributed by atoms with Gasteiger partial charge >= 0.3 is 0 Å². The average Bonchev–Trinajstić information content (AvgIpc) is 3.20. The smallest absolute Gasteiger partial charge is 0.257 e. The molecule has 0 radical (unpaired) electrons. The predicted molar refractivity (Wildman–Crippen MR) is 111 cm³/mol. The summed E-state index contributed by atoms with van der Waals surface area (Å²) in [5.74, 6) is -0.0833. The second-order valence-electron chi connectivity index (χ2n) is 7.23. The van der Waals surface area contributed by atoms with E-state index in [1.165, 1.54) is 11.8 Å². The summed E-state index contributed by atoms with van der Waals surface area (Å²) < 4.78 is 7.48. The van der Waals surface area contributed by atoms with Gasteiger partial charge in [-0.05, 0) is 31.9 Å². The lowest BCUT2D eigenvalue weighted by molar-refractivity contribution is -0.127. The van der Waals surface area contributed by atoms with E-state index in [-0.39, 0.29) is 24.0 Å². The van der Waals surface area contributed by atoms with E-state index in [4.69, 9.17) is 4.42 Å². The highest BCUT2D eigenvalue weighted by atomic mass is 32.2. The molecule has 2 amide bonds. The molecule has 9 heteroatoms. The number of aryl methyl sites for hydroxylation is 1. The summed E-state index contributed by atoms with van der Waals surface area (Å²) in [6, 6.07) is 7.40. The Kier molecular flexibility index (Phi) is 6.58. The maximum atomic E-state index is 12.2. The third-order valence-corrected chi connectivity index (χ3v) is 5.18. The molecule has 0 aliphatic carbocycles. The highest BCUT2D eigenvalue weighted by Crippen LogP contribution is 2.22. The summed E-state index contributed by atoms with van der Waals surface area (Å²) in [6.07, 6.45) is 0.161. The molecule has 154 valence electrons. The molecule has 0 aliphatic heterocycles. The first-order chi connectivity index (χ1) is 13.8. The number of nitrogens with zero attached hydrogens (tertiary/aromatic N) is 3. The van der Waals surface area contributed by atoms with E-state index in [1.807, 2.05) is 42.8 Å². The van der Waals surface area contributed by atoms with Gasteiger partial charge < -0.3 is 4.42 Å². The van der Waals surface area contributed by atoms with Crippen LogP contribution in [0.5, 0.6) is 0 Å². The van der Waals surface area contributed by atoms with Gasteiger partial charge in [-0.1, -0.05) is 37.7 Å². The van der Waals surface area contributed by atoms with Crippen molar-refractivity contribution in [3.8, 4) is 0 Å². The third-order valence-electron chi connectivity index (χ3n) is 4.35. The molecule has 0 spiro atoms. The molecule has 0 unspecified atom stereocenters. The summed E-state index contributed by atoms with van der Waals surface area (Å²) in [4.78, 5) is 28.6. The van der Waals surface area contributed by atoms with Gasteiger partial charge in [0.05, 0.1) is 17.9 Å². The molecule has 0 saturated heterocycles. The minimum atomic E-state index is -0.338. The summed E-state index contributed by atoms with van der Waals surface area (Å²) in [6.45, 7) is 8.90. The molecule has 2 N–H and O–H groups in total. The normalized spacial score (nSPS) is 11.2. The van der Waals surface area contributed by atoms with E-state index in [0.29, 0.717) is 16.7 Å². The van der Waals surface area contributed by atoms with Crippen LogP contribution in [0, 0.1) is 19.8 Å². The Morgan fingerprint density at radius 1 is 1.17 bits per heavy atom. The number of aromatic nitrogens is 3. The molecule has 0 fully saturated rings. The quantitative estimate of drug-likeness (QED) is 0.454. The van der Waals surface area contributed by atoms with Gasteiger partial charge in [0.25, 0.3) is 5.22 Å². The molecule has 0 bridgehead atoms. The van der Waals surface area contributed by atoms with Crippen molar-refractivity contribution in [2.24, 2.45) is 5.92 Å². The highest BCUT2D eigenvalue weighted by molar-refractivity contribution is 7.99. The zero-order chi connectivity index (χ0) is 21.0. The van der Waals surface area contributed by atoms with E-state index >= 15 is 0 Å². The van der Waals surface area contributed by atoms with Crippen molar-refractivity contribution in [3.05, 3.63) is 41.2 Å². The van der Waals surface area contributed by atoms with Crippen LogP contribution < -0.4 is 10.9 Å². The topological polar surface area (TPSA) is 102 Å². The number of oxazole rings is 1. The van der Waals surface area contributed by atoms with Crippen LogP contribution >= 0.6 is 11.8 Å². The number of para-hydroxylation sites is 2. The second kappa shape index (κ2) is 9.13. The molecule has 1 aromatic carbocycles. The molecular weight excluding hydrogens is 390 g/mol. The molecule has 8 nitrogen and oxygen atoms in total. The number of hydrazine groups is 1. The average molecular weight is 416 g/mol. The lowest BCUT2D eigenvalue weighted by Gasteiger charge is -2.09. The maximum absolute atomic E-state index is 12.2. The summed E-state index contributed by atoms with van der Waals surface area (Å²) in [7, 11) is 0. The van der Waals surface area contributed by atoms with Crippen LogP contribution in [0.25, 0.3) is 11.1 Å². The molecule has 3 rings (SSSR count). The summed E-state index contributed by atoms with van der Waals surface area (Å²) in [5, 5.41) is 4.92. The number of amides is 2. The van der Waals surface area contributed by atoms with Crippen molar-refractivity contribution in [1.82, 2.24) is 25.6 Å². The van der Waals surface area contributed by atoms with Gasteiger partial charge in [-0.15, -0.1) is 0 Å². The predicted octanol–water partition coefficient (Wildman–Crippen LogP) is 2.78. The van der Waals surface area contributed by atoms with Crippen LogP contribution in [0.3, 0.4) is 0 Å². The van der Waals surface area contributed by atoms with Gasteiger partial charge in [-0.3, -0.25) is 25.1 Å². The molecule has 0 atom stereocenters. The lowest BCUT2D eigenvalue weighted by atomic mass is 10.1. The van der Waals surface area contributed by atoms with Gasteiger partial charge in [0.2, 0.25) is 11.8 Å². The van der Waals surface area contributed by atoms with Crippen molar-refractivity contribution < 1.29 is 14.0 Å². The fourth-order valence-corrected chi connectivity index (χ4v) is 3.57. The van der Waals surface area contributed by atoms with Gasteiger partial charge in [-0.25, -0.2) is 4.98 Å². The van der Waals surface area contributed by atoms with Crippen molar-refractivity contribution >= 4 is 34.7 Å². The fraction of sp³-hybridized carbons (Fsp3) is 0.400. The first-order valence-corrected chi connectivity index (χ1v) is 10.4. The standard InChI is InChI=1S/C20H25N5O3S/c1-12(2)10-25-14(4)15(13(3)24-25)9-18(26)22-23-19(27)11-29-20-21-16-7-5-6-8-17(16)28-20/h5-8,12H,9-11H2,1-4H3,(H,22,26)(H,23,27). The number of hydrogen-bond donors (Lipinski definition) is 2. The Balaban J connectivity index is 1.47. The summed E-state index contributed by atoms with van der Waals surface area (Å²) >= 11 is 1.17. The van der Waals surface area contributed by atoms with Crippen LogP contribution in [0.2, 0.25) is 0 Å². The molecule has 0 saturated carbocycles. The molecule has 0 aliphatic rings. The van der Waals surface area contributed by atoms with Crippen molar-refractivity contribution in [2.75, 3.05) is 5.75 Å². The van der Waals surface area contributed by atoms with E-state index in [2.05, 4.69) is 34.8 Å². The lowest BCUT2D eigenvalue weighted by Crippen LogP contribution is -2.43. The minimum Gasteiger partial charge on any atom is -0.431 e. The second-order valence-corrected chi connectivity index (χ2v) is 8.16. The Labute approximate surface area is 173 Å². The first-order valence-electron chi connectivity index (χ1n) is 9.42. The molecular formula is C20H25N5O3S. The number of carbonyl (C=O) groups excluding carboxylic acids is 2. The number of thioether (sulfide) groups is 1. The summed E-state index contributed by atoms with van der Waals surface area (Å²) in [5.41, 5.74) is 9.00. The Morgan fingerprint density at radius 2 is 1.90 bits per heavy atom. The van der Waals surface area contributed by atoms with E-state index in [1.54, 1.807) is 0 Å². The zero-order valence-electron chi connectivity index (χ0n) is 17.0. The van der Waals surface area contributed by atoms with E-state index < -0.39 is 0 Å². The Bertz CT molecular complexity index is 991. The zero-order valence-corrected chi connectivity index (χ0v) is 17.8. The molecule has 2 heterocycles. The van der Waals surface area contributed by atoms with Crippen molar-refractivity contribution in [2.45, 2.75) is 45.9 Å². The molecule has 2 aromatic heterocycles. The highest BCUT2D eigenvalue weighted by Gasteiger charge is 2.16. The van der Waals surface area contributed by atoms with Gasteiger partial charge in [-0.2, -0.15) is 5.10 Å².